The monoisotopic (exact) mass is 365 g/mol. The maximum Gasteiger partial charge on any atom is 0.305 e. The number of carbonyl (C=O) groups is 1. The zero-order valence-electron chi connectivity index (χ0n) is 15.0. The fourth-order valence-electron chi connectivity index (χ4n) is 4.08. The van der Waals surface area contributed by atoms with Gasteiger partial charge < -0.3 is 9.47 Å². The quantitative estimate of drug-likeness (QED) is 0.708. The number of carbonyl (C=O) groups excluding carboxylic acids is 1. The smallest absolute Gasteiger partial charge is 0.305 e. The van der Waals surface area contributed by atoms with Crippen molar-refractivity contribution in [3.63, 3.8) is 0 Å². The van der Waals surface area contributed by atoms with Gasteiger partial charge in [0, 0.05) is 24.5 Å². The maximum atomic E-state index is 11.6. The SMILES string of the molecule is CCOC(=O)CC[C@H]1CC[C@]2(CCCN(Cc3ccc(Cl)cc3)C2)O1. The highest BCUT2D eigenvalue weighted by Crippen LogP contribution is 2.39. The minimum atomic E-state index is -0.111. The summed E-state index contributed by atoms with van der Waals surface area (Å²) in [6.45, 7) is 5.33. The van der Waals surface area contributed by atoms with Crippen molar-refractivity contribution in [2.24, 2.45) is 0 Å². The van der Waals surface area contributed by atoms with Gasteiger partial charge in [-0.25, -0.2) is 0 Å². The van der Waals surface area contributed by atoms with E-state index in [1.807, 2.05) is 19.1 Å². The zero-order valence-corrected chi connectivity index (χ0v) is 15.8. The van der Waals surface area contributed by atoms with E-state index in [-0.39, 0.29) is 17.7 Å². The average molecular weight is 366 g/mol. The van der Waals surface area contributed by atoms with Gasteiger partial charge >= 0.3 is 5.97 Å². The summed E-state index contributed by atoms with van der Waals surface area (Å²) in [5.41, 5.74) is 1.27. The van der Waals surface area contributed by atoms with Crippen LogP contribution in [0, 0.1) is 0 Å². The van der Waals surface area contributed by atoms with E-state index in [1.165, 1.54) is 5.56 Å². The van der Waals surface area contributed by atoms with Crippen molar-refractivity contribution in [3.8, 4) is 0 Å². The molecule has 2 aliphatic rings. The van der Waals surface area contributed by atoms with E-state index < -0.39 is 0 Å². The second kappa shape index (κ2) is 8.52. The second-order valence-corrected chi connectivity index (χ2v) is 7.68. The van der Waals surface area contributed by atoms with Crippen molar-refractivity contribution in [2.45, 2.75) is 63.7 Å². The molecule has 2 heterocycles. The molecule has 2 saturated heterocycles. The fraction of sp³-hybridized carbons (Fsp3) is 0.650. The van der Waals surface area contributed by atoms with Crippen LogP contribution < -0.4 is 0 Å². The number of rotatable bonds is 6. The minimum Gasteiger partial charge on any atom is -0.466 e. The van der Waals surface area contributed by atoms with Gasteiger partial charge in [-0.1, -0.05) is 23.7 Å². The summed E-state index contributed by atoms with van der Waals surface area (Å²) < 4.78 is 11.5. The predicted octanol–water partition coefficient (Wildman–Crippen LogP) is 4.20. The average Bonchev–Trinajstić information content (AvgIpc) is 2.98. The van der Waals surface area contributed by atoms with Crippen molar-refractivity contribution in [3.05, 3.63) is 34.9 Å². The molecular weight excluding hydrogens is 338 g/mol. The van der Waals surface area contributed by atoms with E-state index in [9.17, 15) is 4.79 Å². The van der Waals surface area contributed by atoms with Crippen LogP contribution in [-0.4, -0.2) is 42.3 Å². The Morgan fingerprint density at radius 3 is 2.92 bits per heavy atom. The van der Waals surface area contributed by atoms with Crippen LogP contribution in [0.3, 0.4) is 0 Å². The van der Waals surface area contributed by atoms with Gasteiger partial charge in [0.05, 0.1) is 18.3 Å². The molecule has 0 N–H and O–H groups in total. The number of hydrogen-bond acceptors (Lipinski definition) is 4. The lowest BCUT2D eigenvalue weighted by molar-refractivity contribution is -0.144. The lowest BCUT2D eigenvalue weighted by atomic mass is 9.89. The Labute approximate surface area is 155 Å². The first-order valence-electron chi connectivity index (χ1n) is 9.39. The van der Waals surface area contributed by atoms with Gasteiger partial charge in [0.1, 0.15) is 0 Å². The molecular formula is C20H28ClNO3. The number of piperidine rings is 1. The molecule has 25 heavy (non-hydrogen) atoms. The predicted molar refractivity (Wildman–Crippen MR) is 98.7 cm³/mol. The highest BCUT2D eigenvalue weighted by Gasteiger charge is 2.43. The molecule has 1 aromatic carbocycles. The van der Waals surface area contributed by atoms with Crippen molar-refractivity contribution in [2.75, 3.05) is 19.7 Å². The van der Waals surface area contributed by atoms with Crippen LogP contribution in [-0.2, 0) is 20.8 Å². The Morgan fingerprint density at radius 1 is 1.36 bits per heavy atom. The number of likely N-dealkylation sites (tertiary alicyclic amines) is 1. The summed E-state index contributed by atoms with van der Waals surface area (Å²) in [7, 11) is 0. The molecule has 0 saturated carbocycles. The molecule has 2 aliphatic heterocycles. The van der Waals surface area contributed by atoms with E-state index in [4.69, 9.17) is 21.1 Å². The van der Waals surface area contributed by atoms with Gasteiger partial charge in [-0.05, 0) is 63.3 Å². The van der Waals surface area contributed by atoms with Crippen molar-refractivity contribution >= 4 is 17.6 Å². The Kier molecular flexibility index (Phi) is 6.37. The zero-order chi connectivity index (χ0) is 17.7. The van der Waals surface area contributed by atoms with Gasteiger partial charge in [-0.2, -0.15) is 0 Å². The Hall–Kier alpha value is -1.10. The lowest BCUT2D eigenvalue weighted by Gasteiger charge is -2.40. The fourth-order valence-corrected chi connectivity index (χ4v) is 4.21. The van der Waals surface area contributed by atoms with Gasteiger partial charge in [0.15, 0.2) is 0 Å². The van der Waals surface area contributed by atoms with E-state index in [1.54, 1.807) is 0 Å². The van der Waals surface area contributed by atoms with Crippen molar-refractivity contribution in [1.82, 2.24) is 4.90 Å². The Bertz CT molecular complexity index is 577. The molecule has 0 radical (unpaired) electrons. The molecule has 5 heteroatoms. The Morgan fingerprint density at radius 2 is 2.16 bits per heavy atom. The third-order valence-electron chi connectivity index (χ3n) is 5.25. The molecule has 3 rings (SSSR count). The van der Waals surface area contributed by atoms with E-state index in [0.29, 0.717) is 13.0 Å². The molecule has 0 amide bonds. The van der Waals surface area contributed by atoms with Gasteiger partial charge in [-0.3, -0.25) is 9.69 Å². The number of ether oxygens (including phenoxy) is 2. The first kappa shape index (κ1) is 18.7. The number of benzene rings is 1. The number of esters is 1. The maximum absolute atomic E-state index is 11.6. The normalized spacial score (nSPS) is 26.9. The first-order valence-corrected chi connectivity index (χ1v) is 9.77. The summed E-state index contributed by atoms with van der Waals surface area (Å²) in [5.74, 6) is -0.111. The summed E-state index contributed by atoms with van der Waals surface area (Å²) in [6, 6.07) is 8.10. The molecule has 0 bridgehead atoms. The van der Waals surface area contributed by atoms with E-state index in [0.717, 1.165) is 56.8 Å². The number of nitrogens with zero attached hydrogens (tertiary/aromatic N) is 1. The Balaban J connectivity index is 1.50. The highest BCUT2D eigenvalue weighted by atomic mass is 35.5. The third-order valence-corrected chi connectivity index (χ3v) is 5.50. The van der Waals surface area contributed by atoms with Crippen molar-refractivity contribution < 1.29 is 14.3 Å². The minimum absolute atomic E-state index is 0.0238. The summed E-state index contributed by atoms with van der Waals surface area (Å²) in [4.78, 5) is 14.0. The molecule has 1 aromatic rings. The van der Waals surface area contributed by atoms with Crippen LogP contribution in [0.4, 0.5) is 0 Å². The topological polar surface area (TPSA) is 38.8 Å². The van der Waals surface area contributed by atoms with Crippen LogP contribution in [0.5, 0.6) is 0 Å². The standard InChI is InChI=1S/C20H28ClNO3/c1-2-24-19(23)9-8-18-10-12-20(25-18)11-3-13-22(15-20)14-16-4-6-17(21)7-5-16/h4-7,18H,2-3,8-15H2,1H3/t18-,20-/m0/s1. The highest BCUT2D eigenvalue weighted by molar-refractivity contribution is 6.30. The van der Waals surface area contributed by atoms with Crippen LogP contribution in [0.15, 0.2) is 24.3 Å². The molecule has 138 valence electrons. The largest absolute Gasteiger partial charge is 0.466 e. The molecule has 2 atom stereocenters. The molecule has 0 aromatic heterocycles. The molecule has 1 spiro atoms. The van der Waals surface area contributed by atoms with Crippen LogP contribution in [0.2, 0.25) is 5.02 Å². The number of halogens is 1. The summed E-state index contributed by atoms with van der Waals surface area (Å²) in [6.07, 6.45) is 5.87. The molecule has 0 unspecified atom stereocenters. The van der Waals surface area contributed by atoms with E-state index in [2.05, 4.69) is 17.0 Å². The van der Waals surface area contributed by atoms with Crippen molar-refractivity contribution in [1.29, 1.82) is 0 Å². The molecule has 0 aliphatic carbocycles. The summed E-state index contributed by atoms with van der Waals surface area (Å²) in [5, 5.41) is 0.780. The third kappa shape index (κ3) is 5.19. The van der Waals surface area contributed by atoms with Crippen LogP contribution in [0.1, 0.15) is 51.0 Å². The van der Waals surface area contributed by atoms with E-state index >= 15 is 0 Å². The summed E-state index contributed by atoms with van der Waals surface area (Å²) >= 11 is 5.97. The lowest BCUT2D eigenvalue weighted by Crippen LogP contribution is -2.47. The van der Waals surface area contributed by atoms with Gasteiger partial charge in [0.25, 0.3) is 0 Å². The number of hydrogen-bond donors (Lipinski definition) is 0. The van der Waals surface area contributed by atoms with Gasteiger partial charge in [0.2, 0.25) is 0 Å². The van der Waals surface area contributed by atoms with Crippen LogP contribution >= 0.6 is 11.6 Å². The van der Waals surface area contributed by atoms with Gasteiger partial charge in [-0.15, -0.1) is 0 Å². The van der Waals surface area contributed by atoms with Crippen LogP contribution in [0.25, 0.3) is 0 Å². The first-order chi connectivity index (χ1) is 12.1. The molecule has 2 fully saturated rings. The second-order valence-electron chi connectivity index (χ2n) is 7.25. The molecule has 4 nitrogen and oxygen atoms in total.